The van der Waals surface area contributed by atoms with Gasteiger partial charge >= 0.3 is 0 Å². The Morgan fingerprint density at radius 1 is 0.889 bits per heavy atom. The number of nitrogens with zero attached hydrogens (tertiary/aromatic N) is 2. The molecule has 4 aromatic rings. The highest BCUT2D eigenvalue weighted by Crippen LogP contribution is 2.17. The van der Waals surface area contributed by atoms with Crippen molar-refractivity contribution in [2.45, 2.75) is 0 Å². The van der Waals surface area contributed by atoms with Crippen LogP contribution in [0.3, 0.4) is 0 Å². The molecule has 3 aromatic carbocycles. The number of halogens is 2. The lowest BCUT2D eigenvalue weighted by molar-refractivity contribution is 0.628. The Kier molecular flexibility index (Phi) is 4.57. The second kappa shape index (κ2) is 7.17. The fraction of sp³-hybridized carbons (Fsp3) is 0. The Morgan fingerprint density at radius 2 is 1.59 bits per heavy atom. The van der Waals surface area contributed by atoms with Crippen molar-refractivity contribution in [3.8, 4) is 5.69 Å². The maximum Gasteiger partial charge on any atom is 0.266 e. The van der Waals surface area contributed by atoms with Crippen LogP contribution in [0.5, 0.6) is 0 Å². The Labute approximate surface area is 160 Å². The van der Waals surface area contributed by atoms with Gasteiger partial charge in [0.05, 0.1) is 16.6 Å². The predicted octanol–water partition coefficient (Wildman–Crippen LogP) is 5.35. The highest BCUT2D eigenvalue weighted by molar-refractivity contribution is 6.30. The van der Waals surface area contributed by atoms with Crippen LogP contribution < -0.4 is 5.56 Å². The Morgan fingerprint density at radius 3 is 2.33 bits per heavy atom. The molecule has 132 valence electrons. The highest BCUT2D eigenvalue weighted by atomic mass is 35.5. The third kappa shape index (κ3) is 3.52. The SMILES string of the molecule is O=c1c2ccccc2nc(/C=C\c2ccc(F)cc2)n1-c1ccc(Cl)cc1. The van der Waals surface area contributed by atoms with E-state index in [9.17, 15) is 9.18 Å². The van der Waals surface area contributed by atoms with E-state index in [0.717, 1.165) is 5.56 Å². The van der Waals surface area contributed by atoms with Gasteiger partial charge in [-0.2, -0.15) is 0 Å². The molecule has 5 heteroatoms. The Balaban J connectivity index is 1.92. The molecule has 0 saturated carbocycles. The first-order chi connectivity index (χ1) is 13.1. The van der Waals surface area contributed by atoms with Crippen LogP contribution in [0.15, 0.2) is 77.6 Å². The molecule has 0 spiro atoms. The molecular weight excluding hydrogens is 363 g/mol. The van der Waals surface area contributed by atoms with E-state index >= 15 is 0 Å². The van der Waals surface area contributed by atoms with Crippen LogP contribution in [-0.4, -0.2) is 9.55 Å². The average Bonchev–Trinajstić information content (AvgIpc) is 2.69. The summed E-state index contributed by atoms with van der Waals surface area (Å²) < 4.78 is 14.6. The van der Waals surface area contributed by atoms with Crippen molar-refractivity contribution in [1.29, 1.82) is 0 Å². The molecule has 3 nitrogen and oxygen atoms in total. The Bertz CT molecular complexity index is 1200. The van der Waals surface area contributed by atoms with Crippen molar-refractivity contribution < 1.29 is 4.39 Å². The first kappa shape index (κ1) is 17.2. The van der Waals surface area contributed by atoms with E-state index in [-0.39, 0.29) is 11.4 Å². The Hall–Kier alpha value is -3.24. The minimum atomic E-state index is -0.297. The number of hydrogen-bond donors (Lipinski definition) is 0. The van der Waals surface area contributed by atoms with Gasteiger partial charge in [-0.15, -0.1) is 0 Å². The van der Waals surface area contributed by atoms with Crippen LogP contribution in [0.2, 0.25) is 5.02 Å². The normalized spacial score (nSPS) is 11.3. The topological polar surface area (TPSA) is 34.9 Å². The number of fused-ring (bicyclic) bond motifs is 1. The van der Waals surface area contributed by atoms with Gasteiger partial charge < -0.3 is 0 Å². The van der Waals surface area contributed by atoms with Gasteiger partial charge in [-0.25, -0.2) is 9.37 Å². The fourth-order valence-corrected chi connectivity index (χ4v) is 2.97. The van der Waals surface area contributed by atoms with Crippen LogP contribution in [0.25, 0.3) is 28.7 Å². The van der Waals surface area contributed by atoms with Crippen molar-refractivity contribution in [2.24, 2.45) is 0 Å². The zero-order valence-electron chi connectivity index (χ0n) is 14.1. The van der Waals surface area contributed by atoms with Gasteiger partial charge in [0.25, 0.3) is 5.56 Å². The second-order valence-electron chi connectivity index (χ2n) is 5.99. The van der Waals surface area contributed by atoms with Gasteiger partial charge in [0.1, 0.15) is 11.6 Å². The van der Waals surface area contributed by atoms with Crippen LogP contribution in [0, 0.1) is 5.82 Å². The number of rotatable bonds is 3. The molecule has 0 radical (unpaired) electrons. The van der Waals surface area contributed by atoms with Gasteiger partial charge in [0.15, 0.2) is 0 Å². The lowest BCUT2D eigenvalue weighted by Gasteiger charge is -2.11. The standard InChI is InChI=1S/C22H14ClFN2O/c23-16-8-12-18(13-9-16)26-21(14-7-15-5-10-17(24)11-6-15)25-20-4-2-1-3-19(20)22(26)27/h1-14H/b14-7-. The molecule has 27 heavy (non-hydrogen) atoms. The maximum absolute atomic E-state index is 13.1. The molecular formula is C22H14ClFN2O. The first-order valence-corrected chi connectivity index (χ1v) is 8.71. The van der Waals surface area contributed by atoms with E-state index in [0.29, 0.717) is 27.4 Å². The van der Waals surface area contributed by atoms with Crippen molar-refractivity contribution in [1.82, 2.24) is 9.55 Å². The molecule has 0 aliphatic carbocycles. The molecule has 4 rings (SSSR count). The average molecular weight is 377 g/mol. The summed E-state index contributed by atoms with van der Waals surface area (Å²) in [6.07, 6.45) is 3.54. The molecule has 0 amide bonds. The molecule has 0 aliphatic heterocycles. The molecule has 0 aliphatic rings. The summed E-state index contributed by atoms with van der Waals surface area (Å²) >= 11 is 5.98. The molecule has 0 N–H and O–H groups in total. The summed E-state index contributed by atoms with van der Waals surface area (Å²) in [4.78, 5) is 17.7. The minimum Gasteiger partial charge on any atom is -0.268 e. The summed E-state index contributed by atoms with van der Waals surface area (Å²) in [5.41, 5.74) is 1.93. The van der Waals surface area contributed by atoms with Crippen molar-refractivity contribution in [2.75, 3.05) is 0 Å². The van der Waals surface area contributed by atoms with E-state index < -0.39 is 0 Å². The lowest BCUT2D eigenvalue weighted by atomic mass is 10.2. The number of benzene rings is 3. The van der Waals surface area contributed by atoms with Crippen LogP contribution in [0.1, 0.15) is 11.4 Å². The van der Waals surface area contributed by atoms with Gasteiger partial charge in [-0.05, 0) is 60.2 Å². The van der Waals surface area contributed by atoms with Crippen molar-refractivity contribution in [3.05, 3.63) is 105 Å². The van der Waals surface area contributed by atoms with Gasteiger partial charge in [0, 0.05) is 5.02 Å². The first-order valence-electron chi connectivity index (χ1n) is 8.33. The number of para-hydroxylation sites is 1. The molecule has 1 aromatic heterocycles. The smallest absolute Gasteiger partial charge is 0.266 e. The van der Waals surface area contributed by atoms with Crippen LogP contribution >= 0.6 is 11.6 Å². The fourth-order valence-electron chi connectivity index (χ4n) is 2.85. The quantitative estimate of drug-likeness (QED) is 0.483. The number of hydrogen-bond acceptors (Lipinski definition) is 2. The summed E-state index contributed by atoms with van der Waals surface area (Å²) in [6, 6.07) is 20.3. The van der Waals surface area contributed by atoms with Gasteiger partial charge in [-0.1, -0.05) is 41.9 Å². The van der Waals surface area contributed by atoms with Gasteiger partial charge in [-0.3, -0.25) is 9.36 Å². The summed E-state index contributed by atoms with van der Waals surface area (Å²) in [6.45, 7) is 0. The van der Waals surface area contributed by atoms with Crippen LogP contribution in [-0.2, 0) is 0 Å². The summed E-state index contributed by atoms with van der Waals surface area (Å²) in [7, 11) is 0. The summed E-state index contributed by atoms with van der Waals surface area (Å²) in [5.74, 6) is 0.180. The van der Waals surface area contributed by atoms with E-state index in [1.165, 1.54) is 12.1 Å². The van der Waals surface area contributed by atoms with E-state index in [1.807, 2.05) is 12.1 Å². The minimum absolute atomic E-state index is 0.165. The van der Waals surface area contributed by atoms with Crippen molar-refractivity contribution in [3.63, 3.8) is 0 Å². The largest absolute Gasteiger partial charge is 0.268 e. The third-order valence-electron chi connectivity index (χ3n) is 4.18. The number of aromatic nitrogens is 2. The van der Waals surface area contributed by atoms with Crippen molar-refractivity contribution >= 4 is 34.7 Å². The van der Waals surface area contributed by atoms with E-state index in [4.69, 9.17) is 11.6 Å². The molecule has 0 saturated heterocycles. The van der Waals surface area contributed by atoms with E-state index in [2.05, 4.69) is 4.98 Å². The third-order valence-corrected chi connectivity index (χ3v) is 4.43. The highest BCUT2D eigenvalue weighted by Gasteiger charge is 2.10. The zero-order valence-corrected chi connectivity index (χ0v) is 14.9. The molecule has 0 fully saturated rings. The lowest BCUT2D eigenvalue weighted by Crippen LogP contribution is -2.22. The molecule has 1 heterocycles. The van der Waals surface area contributed by atoms with E-state index in [1.54, 1.807) is 65.3 Å². The maximum atomic E-state index is 13.1. The molecule has 0 unspecified atom stereocenters. The molecule has 0 atom stereocenters. The van der Waals surface area contributed by atoms with Crippen LogP contribution in [0.4, 0.5) is 4.39 Å². The molecule has 0 bridgehead atoms. The summed E-state index contributed by atoms with van der Waals surface area (Å²) in [5, 5.41) is 1.12. The second-order valence-corrected chi connectivity index (χ2v) is 6.43. The monoisotopic (exact) mass is 376 g/mol. The van der Waals surface area contributed by atoms with Gasteiger partial charge in [0.2, 0.25) is 0 Å². The predicted molar refractivity (Wildman–Crippen MR) is 108 cm³/mol. The zero-order chi connectivity index (χ0) is 18.8.